The summed E-state index contributed by atoms with van der Waals surface area (Å²) in [6.45, 7) is 3.82. The largest absolute Gasteiger partial charge is 0.369 e. The number of primary amides is 1. The molecule has 0 unspecified atom stereocenters. The van der Waals surface area contributed by atoms with Gasteiger partial charge in [0.15, 0.2) is 0 Å². The summed E-state index contributed by atoms with van der Waals surface area (Å²) in [6.07, 6.45) is 1.49. The van der Waals surface area contributed by atoms with Crippen molar-refractivity contribution in [2.45, 2.75) is 19.8 Å². The van der Waals surface area contributed by atoms with Gasteiger partial charge in [0, 0.05) is 11.6 Å². The highest BCUT2D eigenvalue weighted by Gasteiger charge is 2.24. The number of aryl methyl sites for hydroxylation is 1. The normalized spacial score (nSPS) is 16.9. The summed E-state index contributed by atoms with van der Waals surface area (Å²) in [7, 11) is 0. The molecule has 5 nitrogen and oxygen atoms in total. The number of rotatable bonds is 4. The summed E-state index contributed by atoms with van der Waals surface area (Å²) in [5.41, 5.74) is 7.20. The lowest BCUT2D eigenvalue weighted by molar-refractivity contribution is -0.123. The van der Waals surface area contributed by atoms with E-state index in [4.69, 9.17) is 5.73 Å². The zero-order valence-corrected chi connectivity index (χ0v) is 11.8. The van der Waals surface area contributed by atoms with E-state index in [1.807, 2.05) is 31.2 Å². The molecule has 0 aromatic heterocycles. The third-order valence-electron chi connectivity index (χ3n) is 3.78. The molecular weight excluding hydrogens is 254 g/mol. The number of amides is 2. The van der Waals surface area contributed by atoms with Gasteiger partial charge in [-0.2, -0.15) is 0 Å². The topological polar surface area (TPSA) is 75.4 Å². The van der Waals surface area contributed by atoms with Gasteiger partial charge in [-0.05, 0) is 44.5 Å². The summed E-state index contributed by atoms with van der Waals surface area (Å²) < 4.78 is 0. The SMILES string of the molecule is Cc1ccccc1NC(=O)CN1CCC(C(N)=O)CC1. The molecule has 1 aliphatic heterocycles. The van der Waals surface area contributed by atoms with Crippen molar-refractivity contribution in [1.82, 2.24) is 4.90 Å². The van der Waals surface area contributed by atoms with E-state index in [1.165, 1.54) is 0 Å². The molecule has 108 valence electrons. The van der Waals surface area contributed by atoms with Gasteiger partial charge in [0.1, 0.15) is 0 Å². The predicted molar refractivity (Wildman–Crippen MR) is 78.2 cm³/mol. The van der Waals surface area contributed by atoms with E-state index in [1.54, 1.807) is 0 Å². The van der Waals surface area contributed by atoms with Crippen LogP contribution in [0.15, 0.2) is 24.3 Å². The molecule has 1 saturated heterocycles. The third-order valence-corrected chi connectivity index (χ3v) is 3.78. The van der Waals surface area contributed by atoms with Crippen LogP contribution in [-0.2, 0) is 9.59 Å². The molecule has 2 rings (SSSR count). The Hall–Kier alpha value is -1.88. The Labute approximate surface area is 119 Å². The Morgan fingerprint density at radius 1 is 1.30 bits per heavy atom. The van der Waals surface area contributed by atoms with Crippen LogP contribution in [0.5, 0.6) is 0 Å². The summed E-state index contributed by atoms with van der Waals surface area (Å²) in [4.78, 5) is 25.2. The van der Waals surface area contributed by atoms with Crippen molar-refractivity contribution in [3.63, 3.8) is 0 Å². The van der Waals surface area contributed by atoms with Crippen molar-refractivity contribution in [3.8, 4) is 0 Å². The first-order valence-corrected chi connectivity index (χ1v) is 6.93. The Balaban J connectivity index is 1.81. The van der Waals surface area contributed by atoms with Crippen molar-refractivity contribution in [3.05, 3.63) is 29.8 Å². The Bertz CT molecular complexity index is 494. The monoisotopic (exact) mass is 275 g/mol. The van der Waals surface area contributed by atoms with Gasteiger partial charge in [-0.15, -0.1) is 0 Å². The number of anilines is 1. The van der Waals surface area contributed by atoms with Gasteiger partial charge in [-0.3, -0.25) is 14.5 Å². The molecular formula is C15H21N3O2. The van der Waals surface area contributed by atoms with E-state index in [9.17, 15) is 9.59 Å². The first-order valence-electron chi connectivity index (χ1n) is 6.93. The summed E-state index contributed by atoms with van der Waals surface area (Å²) in [5.74, 6) is -0.281. The standard InChI is InChI=1S/C15H21N3O2/c1-11-4-2-3-5-13(11)17-14(19)10-18-8-6-12(7-9-18)15(16)20/h2-5,12H,6-10H2,1H3,(H2,16,20)(H,17,19). The van der Waals surface area contributed by atoms with Crippen LogP contribution in [0.1, 0.15) is 18.4 Å². The van der Waals surface area contributed by atoms with Crippen LogP contribution in [0.4, 0.5) is 5.69 Å². The number of carbonyl (C=O) groups is 2. The van der Waals surface area contributed by atoms with Gasteiger partial charge in [0.05, 0.1) is 6.54 Å². The maximum Gasteiger partial charge on any atom is 0.238 e. The molecule has 0 radical (unpaired) electrons. The number of carbonyl (C=O) groups excluding carboxylic acids is 2. The minimum absolute atomic E-state index is 0.0168. The molecule has 1 aromatic rings. The van der Waals surface area contributed by atoms with Crippen LogP contribution in [0, 0.1) is 12.8 Å². The minimum atomic E-state index is -0.228. The molecule has 0 spiro atoms. The number of benzene rings is 1. The molecule has 20 heavy (non-hydrogen) atoms. The smallest absolute Gasteiger partial charge is 0.238 e. The Morgan fingerprint density at radius 2 is 1.95 bits per heavy atom. The molecule has 1 fully saturated rings. The van der Waals surface area contributed by atoms with Crippen LogP contribution >= 0.6 is 0 Å². The van der Waals surface area contributed by atoms with Gasteiger partial charge >= 0.3 is 0 Å². The van der Waals surface area contributed by atoms with E-state index < -0.39 is 0 Å². The van der Waals surface area contributed by atoms with Crippen molar-refractivity contribution in [1.29, 1.82) is 0 Å². The van der Waals surface area contributed by atoms with Crippen molar-refractivity contribution in [2.24, 2.45) is 11.7 Å². The third kappa shape index (κ3) is 3.81. The van der Waals surface area contributed by atoms with E-state index in [-0.39, 0.29) is 17.7 Å². The fourth-order valence-corrected chi connectivity index (χ4v) is 2.48. The summed E-state index contributed by atoms with van der Waals surface area (Å²) in [6, 6.07) is 7.71. The van der Waals surface area contributed by atoms with Crippen molar-refractivity contribution < 1.29 is 9.59 Å². The number of nitrogens with one attached hydrogen (secondary N) is 1. The van der Waals surface area contributed by atoms with Gasteiger partial charge in [0.2, 0.25) is 11.8 Å². The van der Waals surface area contributed by atoms with Gasteiger partial charge in [-0.25, -0.2) is 0 Å². The predicted octanol–water partition coefficient (Wildman–Crippen LogP) is 1.13. The van der Waals surface area contributed by atoms with Gasteiger partial charge in [-0.1, -0.05) is 18.2 Å². The summed E-state index contributed by atoms with van der Waals surface area (Å²) in [5, 5.41) is 2.92. The maximum atomic E-state index is 12.0. The van der Waals surface area contributed by atoms with Crippen LogP contribution in [0.25, 0.3) is 0 Å². The average molecular weight is 275 g/mol. The minimum Gasteiger partial charge on any atom is -0.369 e. The lowest BCUT2D eigenvalue weighted by Gasteiger charge is -2.29. The fourth-order valence-electron chi connectivity index (χ4n) is 2.48. The quantitative estimate of drug-likeness (QED) is 0.865. The number of nitrogens with two attached hydrogens (primary N) is 1. The van der Waals surface area contributed by atoms with E-state index in [0.29, 0.717) is 6.54 Å². The number of nitrogens with zero attached hydrogens (tertiary/aromatic N) is 1. The first kappa shape index (κ1) is 14.5. The summed E-state index contributed by atoms with van der Waals surface area (Å²) >= 11 is 0. The van der Waals surface area contributed by atoms with Crippen molar-refractivity contribution in [2.75, 3.05) is 25.0 Å². The number of likely N-dealkylation sites (tertiary alicyclic amines) is 1. The molecule has 1 aliphatic rings. The lowest BCUT2D eigenvalue weighted by atomic mass is 9.96. The molecule has 0 bridgehead atoms. The average Bonchev–Trinajstić information content (AvgIpc) is 2.42. The highest BCUT2D eigenvalue weighted by atomic mass is 16.2. The van der Waals surface area contributed by atoms with E-state index in [2.05, 4.69) is 10.2 Å². The highest BCUT2D eigenvalue weighted by Crippen LogP contribution is 2.17. The second-order valence-corrected chi connectivity index (χ2v) is 5.32. The number of hydrogen-bond acceptors (Lipinski definition) is 3. The fraction of sp³-hybridized carbons (Fsp3) is 0.467. The molecule has 3 N–H and O–H groups in total. The maximum absolute atomic E-state index is 12.0. The molecule has 2 amide bonds. The first-order chi connectivity index (χ1) is 9.56. The van der Waals surface area contributed by atoms with E-state index >= 15 is 0 Å². The number of para-hydroxylation sites is 1. The van der Waals surface area contributed by atoms with Gasteiger partial charge in [0.25, 0.3) is 0 Å². The van der Waals surface area contributed by atoms with Crippen LogP contribution < -0.4 is 11.1 Å². The van der Waals surface area contributed by atoms with Crippen LogP contribution in [0.2, 0.25) is 0 Å². The van der Waals surface area contributed by atoms with E-state index in [0.717, 1.165) is 37.2 Å². The van der Waals surface area contributed by atoms with Crippen LogP contribution in [0.3, 0.4) is 0 Å². The zero-order valence-electron chi connectivity index (χ0n) is 11.8. The second kappa shape index (κ2) is 6.52. The molecule has 5 heteroatoms. The zero-order chi connectivity index (χ0) is 14.5. The molecule has 1 aromatic carbocycles. The Morgan fingerprint density at radius 3 is 2.55 bits per heavy atom. The van der Waals surface area contributed by atoms with Gasteiger partial charge < -0.3 is 11.1 Å². The Kier molecular flexibility index (Phi) is 4.74. The number of hydrogen-bond donors (Lipinski definition) is 2. The molecule has 0 saturated carbocycles. The number of piperidine rings is 1. The van der Waals surface area contributed by atoms with Crippen LogP contribution in [-0.4, -0.2) is 36.3 Å². The molecule has 1 heterocycles. The van der Waals surface area contributed by atoms with Crippen molar-refractivity contribution >= 4 is 17.5 Å². The highest BCUT2D eigenvalue weighted by molar-refractivity contribution is 5.92. The lowest BCUT2D eigenvalue weighted by Crippen LogP contribution is -2.42. The second-order valence-electron chi connectivity index (χ2n) is 5.32. The molecule has 0 aliphatic carbocycles. The molecule has 0 atom stereocenters.